The number of halogens is 1. The normalized spacial score (nSPS) is 20.4. The Kier molecular flexibility index (Phi) is 4.57. The van der Waals surface area contributed by atoms with Gasteiger partial charge in [0.05, 0.1) is 11.3 Å². The quantitative estimate of drug-likeness (QED) is 0.888. The second kappa shape index (κ2) is 6.78. The summed E-state index contributed by atoms with van der Waals surface area (Å²) in [7, 11) is 0. The smallest absolute Gasteiger partial charge is 0.254 e. The average Bonchev–Trinajstić information content (AvgIpc) is 2.99. The summed E-state index contributed by atoms with van der Waals surface area (Å²) in [4.78, 5) is 24.9. The van der Waals surface area contributed by atoms with Gasteiger partial charge < -0.3 is 10.6 Å². The summed E-state index contributed by atoms with van der Waals surface area (Å²) in [6, 6.07) is 3.65. The highest BCUT2D eigenvalue weighted by Gasteiger charge is 2.24. The molecule has 0 unspecified atom stereocenters. The third kappa shape index (κ3) is 3.68. The lowest BCUT2D eigenvalue weighted by atomic mass is 10.2. The Balaban J connectivity index is 1.67. The van der Waals surface area contributed by atoms with Gasteiger partial charge in [0.25, 0.3) is 5.91 Å². The number of alkyl halides is 1. The lowest BCUT2D eigenvalue weighted by Crippen LogP contribution is -2.37. The highest BCUT2D eigenvalue weighted by molar-refractivity contribution is 5.95. The van der Waals surface area contributed by atoms with Gasteiger partial charge in [-0.2, -0.15) is 0 Å². The first-order valence-corrected chi connectivity index (χ1v) is 7.53. The van der Waals surface area contributed by atoms with E-state index in [1.807, 2.05) is 6.07 Å². The summed E-state index contributed by atoms with van der Waals surface area (Å²) < 4.78 is 13.1. The molecule has 0 saturated carbocycles. The molecule has 1 aliphatic heterocycles. The van der Waals surface area contributed by atoms with Gasteiger partial charge in [-0.15, -0.1) is 0 Å². The van der Waals surface area contributed by atoms with E-state index in [1.165, 1.54) is 6.20 Å². The second-order valence-electron chi connectivity index (χ2n) is 5.58. The number of carbonyl (C=O) groups excluding carboxylic acids is 1. The van der Waals surface area contributed by atoms with Crippen LogP contribution in [-0.4, -0.2) is 46.2 Å². The molecule has 2 aromatic heterocycles. The first-order valence-electron chi connectivity index (χ1n) is 7.53. The van der Waals surface area contributed by atoms with E-state index in [4.69, 9.17) is 0 Å². The van der Waals surface area contributed by atoms with Crippen molar-refractivity contribution in [2.45, 2.75) is 25.6 Å². The Bertz CT molecular complexity index is 694. The van der Waals surface area contributed by atoms with Crippen LogP contribution < -0.4 is 10.6 Å². The summed E-state index contributed by atoms with van der Waals surface area (Å²) in [5.74, 6) is 0.286. The molecule has 7 heteroatoms. The van der Waals surface area contributed by atoms with Crippen molar-refractivity contribution >= 4 is 5.91 Å². The molecule has 0 spiro atoms. The van der Waals surface area contributed by atoms with Gasteiger partial charge in [-0.05, 0) is 25.5 Å². The Labute approximate surface area is 133 Å². The van der Waals surface area contributed by atoms with E-state index in [-0.39, 0.29) is 11.9 Å². The van der Waals surface area contributed by atoms with Crippen molar-refractivity contribution in [2.75, 3.05) is 13.1 Å². The number of carbonyl (C=O) groups is 1. The van der Waals surface area contributed by atoms with Crippen LogP contribution in [0.3, 0.4) is 0 Å². The van der Waals surface area contributed by atoms with E-state index in [0.29, 0.717) is 36.6 Å². The molecule has 3 rings (SSSR count). The number of nitrogens with one attached hydrogen (secondary N) is 2. The van der Waals surface area contributed by atoms with E-state index in [1.54, 1.807) is 25.4 Å². The average molecular weight is 315 g/mol. The van der Waals surface area contributed by atoms with Crippen molar-refractivity contribution in [2.24, 2.45) is 0 Å². The fourth-order valence-corrected chi connectivity index (χ4v) is 2.56. The predicted molar refractivity (Wildman–Crippen MR) is 83.6 cm³/mol. The zero-order chi connectivity index (χ0) is 16.2. The first kappa shape index (κ1) is 15.5. The maximum absolute atomic E-state index is 13.1. The monoisotopic (exact) mass is 315 g/mol. The number of rotatable bonds is 4. The number of nitrogens with zero attached hydrogens (tertiary/aromatic N) is 3. The van der Waals surface area contributed by atoms with Crippen molar-refractivity contribution in [3.63, 3.8) is 0 Å². The maximum atomic E-state index is 13.1. The van der Waals surface area contributed by atoms with Crippen LogP contribution in [0.5, 0.6) is 0 Å². The molecule has 2 atom stereocenters. The van der Waals surface area contributed by atoms with Crippen LogP contribution in [0.2, 0.25) is 0 Å². The van der Waals surface area contributed by atoms with Crippen molar-refractivity contribution < 1.29 is 9.18 Å². The van der Waals surface area contributed by atoms with Gasteiger partial charge in [-0.25, -0.2) is 14.4 Å². The third-order valence-corrected chi connectivity index (χ3v) is 3.82. The Morgan fingerprint density at radius 2 is 2.35 bits per heavy atom. The van der Waals surface area contributed by atoms with Crippen LogP contribution >= 0.6 is 0 Å². The van der Waals surface area contributed by atoms with E-state index < -0.39 is 6.17 Å². The summed E-state index contributed by atoms with van der Waals surface area (Å²) in [5.41, 5.74) is 1.82. The van der Waals surface area contributed by atoms with E-state index in [2.05, 4.69) is 25.6 Å². The van der Waals surface area contributed by atoms with E-state index in [9.17, 15) is 9.18 Å². The van der Waals surface area contributed by atoms with Crippen molar-refractivity contribution in [1.29, 1.82) is 0 Å². The Morgan fingerprint density at radius 1 is 1.48 bits per heavy atom. The molecule has 0 radical (unpaired) electrons. The molecular formula is C16H18FN5O. The summed E-state index contributed by atoms with van der Waals surface area (Å²) in [6.07, 6.45) is 4.46. The Morgan fingerprint density at radius 3 is 3.00 bits per heavy atom. The van der Waals surface area contributed by atoms with Crippen LogP contribution in [0.15, 0.2) is 30.7 Å². The molecule has 1 amide bonds. The summed E-state index contributed by atoms with van der Waals surface area (Å²) in [5, 5.41) is 5.83. The standard InChI is InChI=1S/C16H18FN5O/c1-10-14(16(23)21-8-13-5-12(17)7-19-13)9-20-15(22-10)11-3-2-4-18-6-11/h2-4,6,9,12-13,19H,5,7-8H2,1H3,(H,21,23)/t12-,13-/m0/s1. The molecule has 3 heterocycles. The van der Waals surface area contributed by atoms with Gasteiger partial charge in [0.1, 0.15) is 6.17 Å². The lowest BCUT2D eigenvalue weighted by Gasteiger charge is -2.12. The van der Waals surface area contributed by atoms with Crippen molar-refractivity contribution in [1.82, 2.24) is 25.6 Å². The SMILES string of the molecule is Cc1nc(-c2cccnc2)ncc1C(=O)NC[C@@H]1C[C@H](F)CN1. The molecule has 1 fully saturated rings. The molecular weight excluding hydrogens is 297 g/mol. The zero-order valence-corrected chi connectivity index (χ0v) is 12.8. The van der Waals surface area contributed by atoms with Crippen LogP contribution in [0.25, 0.3) is 11.4 Å². The molecule has 120 valence electrons. The minimum Gasteiger partial charge on any atom is -0.350 e. The third-order valence-electron chi connectivity index (χ3n) is 3.82. The molecule has 23 heavy (non-hydrogen) atoms. The molecule has 1 saturated heterocycles. The molecule has 0 bridgehead atoms. The van der Waals surface area contributed by atoms with E-state index >= 15 is 0 Å². The fourth-order valence-electron chi connectivity index (χ4n) is 2.56. The van der Waals surface area contributed by atoms with Crippen molar-refractivity contribution in [3.05, 3.63) is 42.0 Å². The molecule has 1 aliphatic rings. The van der Waals surface area contributed by atoms with Gasteiger partial charge >= 0.3 is 0 Å². The minimum absolute atomic E-state index is 0.0233. The van der Waals surface area contributed by atoms with Crippen LogP contribution in [0.1, 0.15) is 22.5 Å². The fraction of sp³-hybridized carbons (Fsp3) is 0.375. The maximum Gasteiger partial charge on any atom is 0.254 e. The number of pyridine rings is 1. The summed E-state index contributed by atoms with van der Waals surface area (Å²) in [6.45, 7) is 2.51. The highest BCUT2D eigenvalue weighted by atomic mass is 19.1. The van der Waals surface area contributed by atoms with Gasteiger partial charge in [-0.3, -0.25) is 9.78 Å². The Hall–Kier alpha value is -2.41. The van der Waals surface area contributed by atoms with Gasteiger partial charge in [0.15, 0.2) is 5.82 Å². The number of hydrogen-bond acceptors (Lipinski definition) is 5. The molecule has 0 aromatic carbocycles. The number of aryl methyl sites for hydroxylation is 1. The topological polar surface area (TPSA) is 79.8 Å². The second-order valence-corrected chi connectivity index (χ2v) is 5.58. The van der Waals surface area contributed by atoms with E-state index in [0.717, 1.165) is 5.56 Å². The largest absolute Gasteiger partial charge is 0.350 e. The summed E-state index contributed by atoms with van der Waals surface area (Å²) >= 11 is 0. The molecule has 2 aromatic rings. The van der Waals surface area contributed by atoms with Crippen LogP contribution in [0.4, 0.5) is 4.39 Å². The first-order chi connectivity index (χ1) is 11.1. The van der Waals surface area contributed by atoms with Gasteiger partial charge in [-0.1, -0.05) is 0 Å². The number of hydrogen-bond donors (Lipinski definition) is 2. The van der Waals surface area contributed by atoms with Crippen LogP contribution in [-0.2, 0) is 0 Å². The molecule has 2 N–H and O–H groups in total. The van der Waals surface area contributed by atoms with Gasteiger partial charge in [0.2, 0.25) is 0 Å². The molecule has 6 nitrogen and oxygen atoms in total. The minimum atomic E-state index is -0.833. The lowest BCUT2D eigenvalue weighted by molar-refractivity contribution is 0.0948. The van der Waals surface area contributed by atoms with Crippen molar-refractivity contribution in [3.8, 4) is 11.4 Å². The van der Waals surface area contributed by atoms with Gasteiger partial charge in [0, 0.05) is 43.3 Å². The number of aromatic nitrogens is 3. The molecule has 0 aliphatic carbocycles. The van der Waals surface area contributed by atoms with Crippen LogP contribution in [0, 0.1) is 6.92 Å². The highest BCUT2D eigenvalue weighted by Crippen LogP contribution is 2.15. The number of amides is 1. The predicted octanol–water partition coefficient (Wildman–Crippen LogP) is 1.28. The zero-order valence-electron chi connectivity index (χ0n) is 12.8.